The van der Waals surface area contributed by atoms with E-state index in [2.05, 4.69) is 19.3 Å². The van der Waals surface area contributed by atoms with Gasteiger partial charge in [0.15, 0.2) is 5.78 Å². The summed E-state index contributed by atoms with van der Waals surface area (Å²) >= 11 is 0. The predicted octanol–water partition coefficient (Wildman–Crippen LogP) is 4.28. The molecule has 0 saturated heterocycles. The van der Waals surface area contributed by atoms with Crippen LogP contribution in [-0.4, -0.2) is 11.9 Å². The van der Waals surface area contributed by atoms with Crippen molar-refractivity contribution in [2.45, 2.75) is 84.2 Å². The Morgan fingerprint density at radius 1 is 1.11 bits per heavy atom. The quantitative estimate of drug-likeness (QED) is 0.568. The summed E-state index contributed by atoms with van der Waals surface area (Å²) in [5.41, 5.74) is 3.46. The van der Waals surface area contributed by atoms with Gasteiger partial charge in [0.1, 0.15) is 11.8 Å². The van der Waals surface area contributed by atoms with Crippen molar-refractivity contribution in [2.75, 3.05) is 0 Å². The summed E-state index contributed by atoms with van der Waals surface area (Å²) in [7, 11) is 0. The lowest BCUT2D eigenvalue weighted by Gasteiger charge is -2.06. The first-order chi connectivity index (χ1) is 9.27. The van der Waals surface area contributed by atoms with Crippen LogP contribution in [0.4, 0.5) is 0 Å². The van der Waals surface area contributed by atoms with Gasteiger partial charge >= 0.3 is 0 Å². The second-order valence-corrected chi connectivity index (χ2v) is 5.42. The first-order valence-corrected chi connectivity index (χ1v) is 7.94. The average Bonchev–Trinajstić information content (AvgIpc) is 2.89. The van der Waals surface area contributed by atoms with Crippen LogP contribution in [0, 0.1) is 0 Å². The number of allylic oxidation sites excluding steroid dienone is 1. The van der Waals surface area contributed by atoms with Gasteiger partial charge in [-0.25, -0.2) is 0 Å². The van der Waals surface area contributed by atoms with Crippen molar-refractivity contribution in [1.82, 2.24) is 5.48 Å². The Labute approximate surface area is 117 Å². The lowest BCUT2D eigenvalue weighted by atomic mass is 10.1. The van der Waals surface area contributed by atoms with Crippen molar-refractivity contribution in [3.63, 3.8) is 0 Å². The molecule has 0 bridgehead atoms. The maximum atomic E-state index is 11.8. The number of nitrogens with one attached hydrogen (secondary N) is 1. The molecular formula is C16H29NO2. The third-order valence-electron chi connectivity index (χ3n) is 3.57. The molecule has 1 aliphatic heterocycles. The molecule has 19 heavy (non-hydrogen) atoms. The fourth-order valence-electron chi connectivity index (χ4n) is 2.28. The van der Waals surface area contributed by atoms with Crippen molar-refractivity contribution < 1.29 is 9.63 Å². The Kier molecular flexibility index (Phi) is 8.55. The number of Topliss-reactive ketones (excluding diaryl/α,β-unsaturated/α-hetero) is 1. The zero-order valence-electron chi connectivity index (χ0n) is 12.5. The van der Waals surface area contributed by atoms with E-state index in [9.17, 15) is 4.79 Å². The summed E-state index contributed by atoms with van der Waals surface area (Å²) in [6.45, 7) is 4.33. The topological polar surface area (TPSA) is 38.3 Å². The lowest BCUT2D eigenvalue weighted by molar-refractivity contribution is -0.117. The van der Waals surface area contributed by atoms with Crippen LogP contribution < -0.4 is 5.48 Å². The molecule has 3 heteroatoms. The zero-order chi connectivity index (χ0) is 13.9. The van der Waals surface area contributed by atoms with Gasteiger partial charge < -0.3 is 0 Å². The molecule has 0 aliphatic carbocycles. The van der Waals surface area contributed by atoms with E-state index in [0.29, 0.717) is 12.1 Å². The van der Waals surface area contributed by atoms with Crippen molar-refractivity contribution >= 4 is 5.78 Å². The van der Waals surface area contributed by atoms with E-state index in [4.69, 9.17) is 4.84 Å². The summed E-state index contributed by atoms with van der Waals surface area (Å²) in [6.07, 6.45) is 13.5. The van der Waals surface area contributed by atoms with Gasteiger partial charge in [-0.15, -0.1) is 0 Å². The molecule has 0 aromatic heterocycles. The summed E-state index contributed by atoms with van der Waals surface area (Å²) in [5, 5.41) is 0. The fourth-order valence-corrected chi connectivity index (χ4v) is 2.28. The van der Waals surface area contributed by atoms with E-state index in [1.54, 1.807) is 0 Å². The van der Waals surface area contributed by atoms with Crippen LogP contribution in [0.2, 0.25) is 0 Å². The first kappa shape index (κ1) is 16.2. The number of unbranched alkanes of at least 4 members (excludes halogenated alkanes) is 6. The molecule has 1 N–H and O–H groups in total. The van der Waals surface area contributed by atoms with E-state index < -0.39 is 0 Å². The molecule has 1 unspecified atom stereocenters. The molecule has 1 aliphatic rings. The summed E-state index contributed by atoms with van der Waals surface area (Å²) in [4.78, 5) is 17.2. The molecule has 1 rings (SSSR count). The van der Waals surface area contributed by atoms with Crippen LogP contribution in [0.25, 0.3) is 0 Å². The van der Waals surface area contributed by atoms with Gasteiger partial charge in [0.2, 0.25) is 0 Å². The molecule has 1 heterocycles. The highest BCUT2D eigenvalue weighted by Gasteiger charge is 2.20. The highest BCUT2D eigenvalue weighted by atomic mass is 16.7. The molecule has 0 spiro atoms. The van der Waals surface area contributed by atoms with E-state index in [1.165, 1.54) is 38.5 Å². The Balaban J connectivity index is 2.12. The van der Waals surface area contributed by atoms with Crippen LogP contribution in [0.1, 0.15) is 78.1 Å². The zero-order valence-corrected chi connectivity index (χ0v) is 12.5. The summed E-state index contributed by atoms with van der Waals surface area (Å²) in [5.74, 6) is 0.187. The number of carbonyl (C=O) groups is 1. The van der Waals surface area contributed by atoms with Gasteiger partial charge in [-0.2, -0.15) is 0 Å². The minimum absolute atomic E-state index is 0.0896. The third kappa shape index (κ3) is 6.76. The smallest absolute Gasteiger partial charge is 0.180 e. The second-order valence-electron chi connectivity index (χ2n) is 5.42. The number of carbonyl (C=O) groups excluding carboxylic acids is 1. The molecule has 0 radical (unpaired) electrons. The SMILES string of the molecule is CCCCCCCCC1C=C(C(=O)CCCC)NO1. The molecule has 0 saturated carbocycles. The molecule has 0 aromatic rings. The number of rotatable bonds is 11. The minimum Gasteiger partial charge on any atom is -0.292 e. The van der Waals surface area contributed by atoms with Gasteiger partial charge in [-0.3, -0.25) is 15.1 Å². The highest BCUT2D eigenvalue weighted by Crippen LogP contribution is 2.17. The Morgan fingerprint density at radius 3 is 2.53 bits per heavy atom. The number of hydrogen-bond acceptors (Lipinski definition) is 3. The number of hydrogen-bond donors (Lipinski definition) is 1. The third-order valence-corrected chi connectivity index (χ3v) is 3.57. The predicted molar refractivity (Wildman–Crippen MR) is 78.6 cm³/mol. The Morgan fingerprint density at radius 2 is 1.79 bits per heavy atom. The van der Waals surface area contributed by atoms with Crippen LogP contribution >= 0.6 is 0 Å². The lowest BCUT2D eigenvalue weighted by Crippen LogP contribution is -2.16. The summed E-state index contributed by atoms with van der Waals surface area (Å²) < 4.78 is 0. The van der Waals surface area contributed by atoms with Crippen molar-refractivity contribution in [3.05, 3.63) is 11.8 Å². The standard InChI is InChI=1S/C16H29NO2/c1-3-5-7-8-9-10-11-14-13-15(17-19-14)16(18)12-6-4-2/h13-14,17H,3-12H2,1-2H3. The van der Waals surface area contributed by atoms with Crippen LogP contribution in [0.3, 0.4) is 0 Å². The number of ketones is 1. The van der Waals surface area contributed by atoms with Crippen LogP contribution in [-0.2, 0) is 9.63 Å². The summed E-state index contributed by atoms with van der Waals surface area (Å²) in [6, 6.07) is 0. The minimum atomic E-state index is 0.0896. The molecular weight excluding hydrogens is 238 g/mol. The van der Waals surface area contributed by atoms with E-state index in [1.807, 2.05) is 6.08 Å². The fraction of sp³-hybridized carbons (Fsp3) is 0.812. The van der Waals surface area contributed by atoms with Gasteiger partial charge in [0.05, 0.1) is 0 Å². The Hall–Kier alpha value is -0.830. The average molecular weight is 267 g/mol. The van der Waals surface area contributed by atoms with E-state index in [0.717, 1.165) is 19.3 Å². The molecule has 3 nitrogen and oxygen atoms in total. The van der Waals surface area contributed by atoms with Crippen molar-refractivity contribution in [3.8, 4) is 0 Å². The molecule has 0 amide bonds. The van der Waals surface area contributed by atoms with Crippen molar-refractivity contribution in [1.29, 1.82) is 0 Å². The maximum Gasteiger partial charge on any atom is 0.180 e. The van der Waals surface area contributed by atoms with E-state index in [-0.39, 0.29) is 11.9 Å². The molecule has 0 fully saturated rings. The number of hydroxylamine groups is 1. The monoisotopic (exact) mass is 267 g/mol. The van der Waals surface area contributed by atoms with Gasteiger partial charge in [0.25, 0.3) is 0 Å². The van der Waals surface area contributed by atoms with Crippen LogP contribution in [0.5, 0.6) is 0 Å². The van der Waals surface area contributed by atoms with Gasteiger partial charge in [0, 0.05) is 6.42 Å². The van der Waals surface area contributed by atoms with Crippen LogP contribution in [0.15, 0.2) is 11.8 Å². The largest absolute Gasteiger partial charge is 0.292 e. The molecule has 110 valence electrons. The molecule has 0 aromatic carbocycles. The first-order valence-electron chi connectivity index (χ1n) is 7.94. The van der Waals surface area contributed by atoms with E-state index >= 15 is 0 Å². The molecule has 1 atom stereocenters. The van der Waals surface area contributed by atoms with Gasteiger partial charge in [-0.1, -0.05) is 58.8 Å². The van der Waals surface area contributed by atoms with Gasteiger partial charge in [-0.05, 0) is 18.9 Å². The maximum absolute atomic E-state index is 11.8. The van der Waals surface area contributed by atoms with Crippen molar-refractivity contribution in [2.24, 2.45) is 0 Å². The second kappa shape index (κ2) is 10.0. The Bertz CT molecular complexity index is 286. The normalized spacial score (nSPS) is 18.2. The highest BCUT2D eigenvalue weighted by molar-refractivity contribution is 5.94.